The number of rotatable bonds is 4. The molecule has 1 amide bonds. The van der Waals surface area contributed by atoms with Gasteiger partial charge in [-0.1, -0.05) is 65.4 Å². The number of benzene rings is 3. The standard InChI is InChI=1S/C25H22ClN3O2S/c1-31-21-12-11-20(26)23-22(21)27-25(32-23)29-15-13-28(14-16-29)24(30)19-9-7-18(8-10-19)17-5-3-2-4-6-17/h2-12H,13-16H2,1H3. The average Bonchev–Trinajstić information content (AvgIpc) is 3.31. The second-order valence-corrected chi connectivity index (χ2v) is 9.03. The number of piperazine rings is 1. The molecule has 0 saturated carbocycles. The summed E-state index contributed by atoms with van der Waals surface area (Å²) in [5.41, 5.74) is 3.76. The van der Waals surface area contributed by atoms with E-state index in [1.54, 1.807) is 18.4 Å². The van der Waals surface area contributed by atoms with Gasteiger partial charge in [0.25, 0.3) is 5.91 Å². The van der Waals surface area contributed by atoms with Crippen molar-refractivity contribution in [1.29, 1.82) is 0 Å². The van der Waals surface area contributed by atoms with E-state index in [2.05, 4.69) is 17.0 Å². The Morgan fingerprint density at radius 1 is 0.938 bits per heavy atom. The van der Waals surface area contributed by atoms with Gasteiger partial charge in [0.2, 0.25) is 0 Å². The molecular formula is C25H22ClN3O2S. The summed E-state index contributed by atoms with van der Waals surface area (Å²) in [6.07, 6.45) is 0. The molecule has 0 spiro atoms. The van der Waals surface area contributed by atoms with E-state index in [1.807, 2.05) is 59.5 Å². The molecule has 1 fully saturated rings. The van der Waals surface area contributed by atoms with Gasteiger partial charge in [-0.2, -0.15) is 0 Å². The highest BCUT2D eigenvalue weighted by Crippen LogP contribution is 2.38. The fourth-order valence-corrected chi connectivity index (χ4v) is 5.27. The molecule has 1 saturated heterocycles. The van der Waals surface area contributed by atoms with Gasteiger partial charge in [-0.3, -0.25) is 4.79 Å². The van der Waals surface area contributed by atoms with E-state index >= 15 is 0 Å². The Hall–Kier alpha value is -3.09. The van der Waals surface area contributed by atoms with Crippen LogP contribution < -0.4 is 9.64 Å². The third-order valence-corrected chi connectivity index (χ3v) is 7.32. The lowest BCUT2D eigenvalue weighted by Crippen LogP contribution is -2.48. The first-order valence-electron chi connectivity index (χ1n) is 10.5. The molecule has 0 radical (unpaired) electrons. The number of nitrogens with zero attached hydrogens (tertiary/aromatic N) is 3. The number of amides is 1. The van der Waals surface area contributed by atoms with Gasteiger partial charge < -0.3 is 14.5 Å². The van der Waals surface area contributed by atoms with E-state index in [0.717, 1.165) is 50.9 Å². The van der Waals surface area contributed by atoms with Gasteiger partial charge in [0, 0.05) is 31.7 Å². The smallest absolute Gasteiger partial charge is 0.253 e. The highest BCUT2D eigenvalue weighted by molar-refractivity contribution is 7.22. The maximum Gasteiger partial charge on any atom is 0.253 e. The summed E-state index contributed by atoms with van der Waals surface area (Å²) in [4.78, 5) is 21.9. The lowest BCUT2D eigenvalue weighted by molar-refractivity contribution is 0.0747. The van der Waals surface area contributed by atoms with Crippen molar-refractivity contribution in [2.24, 2.45) is 0 Å². The van der Waals surface area contributed by atoms with Gasteiger partial charge >= 0.3 is 0 Å². The molecule has 32 heavy (non-hydrogen) atoms. The van der Waals surface area contributed by atoms with Gasteiger partial charge in [0.15, 0.2) is 5.13 Å². The third-order valence-electron chi connectivity index (χ3n) is 5.74. The molecule has 1 aliphatic rings. The fraction of sp³-hybridized carbons (Fsp3) is 0.200. The van der Waals surface area contributed by atoms with E-state index in [0.29, 0.717) is 18.1 Å². The largest absolute Gasteiger partial charge is 0.494 e. The van der Waals surface area contributed by atoms with Crippen LogP contribution in [0.2, 0.25) is 5.02 Å². The zero-order chi connectivity index (χ0) is 22.1. The monoisotopic (exact) mass is 463 g/mol. The van der Waals surface area contributed by atoms with E-state index in [-0.39, 0.29) is 5.91 Å². The summed E-state index contributed by atoms with van der Waals surface area (Å²) in [5, 5.41) is 1.59. The number of anilines is 1. The van der Waals surface area contributed by atoms with Crippen LogP contribution in [0.5, 0.6) is 5.75 Å². The van der Waals surface area contributed by atoms with Crippen LogP contribution >= 0.6 is 22.9 Å². The number of fused-ring (bicyclic) bond motifs is 1. The Morgan fingerprint density at radius 3 is 2.31 bits per heavy atom. The predicted molar refractivity (Wildman–Crippen MR) is 131 cm³/mol. The lowest BCUT2D eigenvalue weighted by Gasteiger charge is -2.34. The summed E-state index contributed by atoms with van der Waals surface area (Å²) in [7, 11) is 1.64. The van der Waals surface area contributed by atoms with Gasteiger partial charge in [-0.05, 0) is 35.4 Å². The van der Waals surface area contributed by atoms with Crippen LogP contribution in [-0.2, 0) is 0 Å². The summed E-state index contributed by atoms with van der Waals surface area (Å²) in [5.74, 6) is 0.790. The maximum absolute atomic E-state index is 13.0. The second-order valence-electron chi connectivity index (χ2n) is 7.65. The molecule has 5 rings (SSSR count). The topological polar surface area (TPSA) is 45.7 Å². The number of aromatic nitrogens is 1. The summed E-state index contributed by atoms with van der Waals surface area (Å²) in [6.45, 7) is 2.77. The van der Waals surface area contributed by atoms with Crippen LogP contribution in [0.25, 0.3) is 21.3 Å². The first-order valence-corrected chi connectivity index (χ1v) is 11.7. The van der Waals surface area contributed by atoms with Gasteiger partial charge in [0.1, 0.15) is 11.3 Å². The third kappa shape index (κ3) is 3.92. The minimum absolute atomic E-state index is 0.0678. The van der Waals surface area contributed by atoms with E-state index in [1.165, 1.54) is 0 Å². The highest BCUT2D eigenvalue weighted by Gasteiger charge is 2.25. The van der Waals surface area contributed by atoms with E-state index in [4.69, 9.17) is 21.3 Å². The number of thiazole rings is 1. The van der Waals surface area contributed by atoms with Crippen LogP contribution in [0.15, 0.2) is 66.7 Å². The Bertz CT molecular complexity index is 1250. The Balaban J connectivity index is 1.27. The SMILES string of the molecule is COc1ccc(Cl)c2sc(N3CCN(C(=O)c4ccc(-c5ccccc5)cc4)CC3)nc12. The Labute approximate surface area is 195 Å². The molecule has 0 aliphatic carbocycles. The van der Waals surface area contributed by atoms with Gasteiger partial charge in [-0.15, -0.1) is 0 Å². The van der Waals surface area contributed by atoms with Crippen molar-refractivity contribution in [3.05, 3.63) is 77.3 Å². The molecule has 2 heterocycles. The van der Waals surface area contributed by atoms with Crippen molar-refractivity contribution in [2.75, 3.05) is 38.2 Å². The predicted octanol–water partition coefficient (Wildman–Crippen LogP) is 5.59. The van der Waals surface area contributed by atoms with Crippen LogP contribution in [-0.4, -0.2) is 49.1 Å². The van der Waals surface area contributed by atoms with Crippen molar-refractivity contribution >= 4 is 44.2 Å². The van der Waals surface area contributed by atoms with Gasteiger partial charge in [0.05, 0.1) is 16.8 Å². The van der Waals surface area contributed by atoms with Crippen molar-refractivity contribution < 1.29 is 9.53 Å². The molecule has 0 bridgehead atoms. The lowest BCUT2D eigenvalue weighted by atomic mass is 10.0. The van der Waals surface area contributed by atoms with E-state index in [9.17, 15) is 4.79 Å². The molecule has 4 aromatic rings. The van der Waals surface area contributed by atoms with Gasteiger partial charge in [-0.25, -0.2) is 4.98 Å². The number of carbonyl (C=O) groups excluding carboxylic acids is 1. The second kappa shape index (κ2) is 8.81. The Morgan fingerprint density at radius 2 is 1.62 bits per heavy atom. The van der Waals surface area contributed by atoms with Crippen molar-refractivity contribution in [3.8, 4) is 16.9 Å². The molecule has 5 nitrogen and oxygen atoms in total. The molecular weight excluding hydrogens is 442 g/mol. The number of ether oxygens (including phenoxy) is 1. The first kappa shape index (κ1) is 20.8. The summed E-state index contributed by atoms with van der Waals surface area (Å²) >= 11 is 7.93. The molecule has 0 atom stereocenters. The quantitative estimate of drug-likeness (QED) is 0.396. The van der Waals surface area contributed by atoms with Crippen LogP contribution in [0.4, 0.5) is 5.13 Å². The van der Waals surface area contributed by atoms with Crippen molar-refractivity contribution in [3.63, 3.8) is 0 Å². The van der Waals surface area contributed by atoms with Crippen LogP contribution in [0.3, 0.4) is 0 Å². The minimum Gasteiger partial charge on any atom is -0.494 e. The molecule has 7 heteroatoms. The normalized spacial score (nSPS) is 14.1. The average molecular weight is 464 g/mol. The van der Waals surface area contributed by atoms with Crippen molar-refractivity contribution in [1.82, 2.24) is 9.88 Å². The number of carbonyl (C=O) groups is 1. The van der Waals surface area contributed by atoms with Crippen molar-refractivity contribution in [2.45, 2.75) is 0 Å². The summed E-state index contributed by atoms with van der Waals surface area (Å²) < 4.78 is 6.36. The molecule has 0 N–H and O–H groups in total. The number of hydrogen-bond donors (Lipinski definition) is 0. The fourth-order valence-electron chi connectivity index (χ4n) is 3.96. The van der Waals surface area contributed by atoms with Crippen LogP contribution in [0.1, 0.15) is 10.4 Å². The molecule has 1 aliphatic heterocycles. The highest BCUT2D eigenvalue weighted by atomic mass is 35.5. The molecule has 3 aromatic carbocycles. The number of methoxy groups -OCH3 is 1. The maximum atomic E-state index is 13.0. The zero-order valence-corrected chi connectivity index (χ0v) is 19.2. The number of halogens is 1. The van der Waals surface area contributed by atoms with Crippen LogP contribution in [0, 0.1) is 0 Å². The molecule has 0 unspecified atom stereocenters. The van der Waals surface area contributed by atoms with E-state index < -0.39 is 0 Å². The zero-order valence-electron chi connectivity index (χ0n) is 17.6. The number of hydrogen-bond acceptors (Lipinski definition) is 5. The summed E-state index contributed by atoms with van der Waals surface area (Å²) in [6, 6.07) is 21.7. The molecule has 162 valence electrons. The Kier molecular flexibility index (Phi) is 5.72. The first-order chi connectivity index (χ1) is 15.6. The minimum atomic E-state index is 0.0678. The molecule has 1 aromatic heterocycles.